The van der Waals surface area contributed by atoms with Crippen molar-refractivity contribution in [2.75, 3.05) is 20.8 Å². The highest BCUT2D eigenvalue weighted by molar-refractivity contribution is 5.87. The fourth-order valence-electron chi connectivity index (χ4n) is 3.82. The summed E-state index contributed by atoms with van der Waals surface area (Å²) >= 11 is 0. The lowest BCUT2D eigenvalue weighted by atomic mass is 9.99. The summed E-state index contributed by atoms with van der Waals surface area (Å²) in [6.07, 6.45) is 2.90. The molecule has 0 aliphatic carbocycles. The van der Waals surface area contributed by atoms with E-state index < -0.39 is 0 Å². The fraction of sp³-hybridized carbons (Fsp3) is 0.348. The van der Waals surface area contributed by atoms with Crippen molar-refractivity contribution in [2.24, 2.45) is 5.92 Å². The number of hydrogen-bond acceptors (Lipinski definition) is 6. The van der Waals surface area contributed by atoms with Crippen LogP contribution in [-0.2, 0) is 4.79 Å². The average Bonchev–Trinajstić information content (AvgIpc) is 3.22. The van der Waals surface area contributed by atoms with Crippen molar-refractivity contribution in [3.05, 3.63) is 42.6 Å². The zero-order chi connectivity index (χ0) is 21.1. The summed E-state index contributed by atoms with van der Waals surface area (Å²) in [6, 6.07) is 11.4. The summed E-state index contributed by atoms with van der Waals surface area (Å²) in [5, 5.41) is 3.74. The van der Waals surface area contributed by atoms with Crippen LogP contribution in [0.4, 0.5) is 0 Å². The standard InChI is InChI=1S/C23H25N3O4/c1-4-19(15-11-22(27)25-13-15)30-23-16-6-5-9-24-18(16)12-17(26-23)14-7-8-20(28-2)21(10-14)29-3/h5-10,12,15,19H,4,11,13H2,1-3H3,(H,25,27)/t15-,19+/m1/s1. The number of benzene rings is 1. The Labute approximate surface area is 175 Å². The second-order valence-electron chi connectivity index (χ2n) is 7.29. The van der Waals surface area contributed by atoms with E-state index in [0.29, 0.717) is 30.3 Å². The van der Waals surface area contributed by atoms with Gasteiger partial charge >= 0.3 is 0 Å². The Kier molecular flexibility index (Phi) is 5.70. The van der Waals surface area contributed by atoms with Crippen molar-refractivity contribution in [3.63, 3.8) is 0 Å². The van der Waals surface area contributed by atoms with Gasteiger partial charge in [0.15, 0.2) is 11.5 Å². The quantitative estimate of drug-likeness (QED) is 0.644. The molecule has 2 aromatic heterocycles. The van der Waals surface area contributed by atoms with Gasteiger partial charge in [0.05, 0.1) is 30.8 Å². The van der Waals surface area contributed by atoms with E-state index in [1.807, 2.05) is 36.4 Å². The minimum Gasteiger partial charge on any atom is -0.493 e. The zero-order valence-electron chi connectivity index (χ0n) is 17.3. The minimum absolute atomic E-state index is 0.0700. The van der Waals surface area contributed by atoms with E-state index in [4.69, 9.17) is 19.2 Å². The highest BCUT2D eigenvalue weighted by atomic mass is 16.5. The second-order valence-corrected chi connectivity index (χ2v) is 7.29. The first-order chi connectivity index (χ1) is 14.6. The number of carbonyl (C=O) groups excluding carboxylic acids is 1. The first-order valence-corrected chi connectivity index (χ1v) is 10.0. The molecule has 0 bridgehead atoms. The van der Waals surface area contributed by atoms with Crippen LogP contribution in [0.3, 0.4) is 0 Å². The molecule has 2 atom stereocenters. The molecule has 0 unspecified atom stereocenters. The fourth-order valence-corrected chi connectivity index (χ4v) is 3.82. The van der Waals surface area contributed by atoms with Crippen molar-refractivity contribution >= 4 is 16.8 Å². The summed E-state index contributed by atoms with van der Waals surface area (Å²) in [7, 11) is 3.21. The molecule has 1 aliphatic heterocycles. The van der Waals surface area contributed by atoms with E-state index in [2.05, 4.69) is 17.2 Å². The van der Waals surface area contributed by atoms with Crippen LogP contribution in [0.1, 0.15) is 19.8 Å². The number of aromatic nitrogens is 2. The van der Waals surface area contributed by atoms with Crippen LogP contribution in [0, 0.1) is 5.92 Å². The Bertz CT molecular complexity index is 1070. The Morgan fingerprint density at radius 2 is 2.00 bits per heavy atom. The van der Waals surface area contributed by atoms with E-state index in [-0.39, 0.29) is 17.9 Å². The maximum absolute atomic E-state index is 11.7. The Morgan fingerprint density at radius 3 is 2.70 bits per heavy atom. The molecule has 1 aliphatic rings. The van der Waals surface area contributed by atoms with Gasteiger partial charge in [-0.05, 0) is 42.8 Å². The lowest BCUT2D eigenvalue weighted by molar-refractivity contribution is -0.119. The lowest BCUT2D eigenvalue weighted by Crippen LogP contribution is -2.28. The van der Waals surface area contributed by atoms with Crippen molar-refractivity contribution in [2.45, 2.75) is 25.9 Å². The molecular formula is C23H25N3O4. The molecule has 1 N–H and O–H groups in total. The number of methoxy groups -OCH3 is 2. The van der Waals surface area contributed by atoms with E-state index >= 15 is 0 Å². The topological polar surface area (TPSA) is 82.6 Å². The molecule has 7 heteroatoms. The first-order valence-electron chi connectivity index (χ1n) is 10.0. The first kappa shape index (κ1) is 19.9. The van der Waals surface area contributed by atoms with Gasteiger partial charge in [-0.2, -0.15) is 0 Å². The number of carbonyl (C=O) groups is 1. The normalized spacial score (nSPS) is 16.9. The molecule has 1 saturated heterocycles. The van der Waals surface area contributed by atoms with Crippen LogP contribution in [0.15, 0.2) is 42.6 Å². The zero-order valence-corrected chi connectivity index (χ0v) is 17.3. The smallest absolute Gasteiger partial charge is 0.223 e. The van der Waals surface area contributed by atoms with Gasteiger partial charge in [-0.15, -0.1) is 0 Å². The molecule has 1 aromatic carbocycles. The van der Waals surface area contributed by atoms with Crippen LogP contribution in [-0.4, -0.2) is 42.7 Å². The summed E-state index contributed by atoms with van der Waals surface area (Å²) < 4.78 is 17.1. The molecule has 3 aromatic rings. The number of pyridine rings is 2. The molecule has 1 amide bonds. The van der Waals surface area contributed by atoms with E-state index in [1.165, 1.54) is 0 Å². The van der Waals surface area contributed by atoms with Gasteiger partial charge in [-0.1, -0.05) is 6.92 Å². The number of hydrogen-bond donors (Lipinski definition) is 1. The third kappa shape index (κ3) is 3.87. The molecule has 156 valence electrons. The molecule has 30 heavy (non-hydrogen) atoms. The van der Waals surface area contributed by atoms with E-state index in [0.717, 1.165) is 28.6 Å². The predicted octanol–water partition coefficient (Wildman–Crippen LogP) is 3.61. The number of fused-ring (bicyclic) bond motifs is 1. The highest BCUT2D eigenvalue weighted by Gasteiger charge is 2.30. The molecule has 0 radical (unpaired) electrons. The highest BCUT2D eigenvalue weighted by Crippen LogP contribution is 2.35. The largest absolute Gasteiger partial charge is 0.493 e. The number of rotatable bonds is 7. The molecule has 0 spiro atoms. The Hall–Kier alpha value is -3.35. The molecular weight excluding hydrogens is 382 g/mol. The van der Waals surface area contributed by atoms with Gasteiger partial charge < -0.3 is 19.5 Å². The average molecular weight is 407 g/mol. The van der Waals surface area contributed by atoms with Crippen LogP contribution in [0.5, 0.6) is 17.4 Å². The van der Waals surface area contributed by atoms with E-state index in [9.17, 15) is 4.79 Å². The van der Waals surface area contributed by atoms with Crippen molar-refractivity contribution in [3.8, 4) is 28.6 Å². The SMILES string of the molecule is CC[C@H](Oc1nc(-c2ccc(OC)c(OC)c2)cc2ncccc12)[C@H]1CNC(=O)C1. The summed E-state index contributed by atoms with van der Waals surface area (Å²) in [6.45, 7) is 2.69. The predicted molar refractivity (Wildman–Crippen MR) is 114 cm³/mol. The molecule has 0 saturated carbocycles. The van der Waals surface area contributed by atoms with Crippen molar-refractivity contribution in [1.82, 2.24) is 15.3 Å². The van der Waals surface area contributed by atoms with Gasteiger partial charge in [0.25, 0.3) is 0 Å². The van der Waals surface area contributed by atoms with Crippen LogP contribution >= 0.6 is 0 Å². The molecule has 3 heterocycles. The minimum atomic E-state index is -0.111. The van der Waals surface area contributed by atoms with Crippen LogP contribution in [0.25, 0.3) is 22.2 Å². The molecule has 7 nitrogen and oxygen atoms in total. The maximum atomic E-state index is 11.7. The monoisotopic (exact) mass is 407 g/mol. The third-order valence-corrected chi connectivity index (χ3v) is 5.44. The van der Waals surface area contributed by atoms with Gasteiger partial charge in [0, 0.05) is 30.6 Å². The Morgan fingerprint density at radius 1 is 1.17 bits per heavy atom. The van der Waals surface area contributed by atoms with E-state index in [1.54, 1.807) is 20.4 Å². The van der Waals surface area contributed by atoms with Crippen LogP contribution < -0.4 is 19.5 Å². The Balaban J connectivity index is 1.75. The van der Waals surface area contributed by atoms with Crippen LogP contribution in [0.2, 0.25) is 0 Å². The van der Waals surface area contributed by atoms with Crippen molar-refractivity contribution in [1.29, 1.82) is 0 Å². The van der Waals surface area contributed by atoms with Crippen molar-refractivity contribution < 1.29 is 19.0 Å². The number of ether oxygens (including phenoxy) is 3. The molecule has 4 rings (SSSR count). The van der Waals surface area contributed by atoms with Gasteiger partial charge in [0.1, 0.15) is 6.10 Å². The maximum Gasteiger partial charge on any atom is 0.223 e. The van der Waals surface area contributed by atoms with Gasteiger partial charge in [0.2, 0.25) is 11.8 Å². The second kappa shape index (κ2) is 8.57. The third-order valence-electron chi connectivity index (χ3n) is 5.44. The summed E-state index contributed by atoms with van der Waals surface area (Å²) in [5.41, 5.74) is 2.39. The summed E-state index contributed by atoms with van der Waals surface area (Å²) in [4.78, 5) is 21.0. The number of amides is 1. The number of nitrogens with one attached hydrogen (secondary N) is 1. The molecule has 1 fully saturated rings. The lowest BCUT2D eigenvalue weighted by Gasteiger charge is -2.23. The van der Waals surface area contributed by atoms with Gasteiger partial charge in [-0.3, -0.25) is 9.78 Å². The van der Waals surface area contributed by atoms with Gasteiger partial charge in [-0.25, -0.2) is 4.98 Å². The summed E-state index contributed by atoms with van der Waals surface area (Å²) in [5.74, 6) is 2.00. The number of nitrogens with zero attached hydrogens (tertiary/aromatic N) is 2.